The predicted molar refractivity (Wildman–Crippen MR) is 228 cm³/mol. The number of hydrogen-bond acceptors (Lipinski definition) is 7. The number of rotatable bonds is 15. The summed E-state index contributed by atoms with van der Waals surface area (Å²) in [6.45, 7) is 16.5. The Morgan fingerprint density at radius 3 is 2.05 bits per heavy atom. The molecule has 2 aromatic carbocycles. The van der Waals surface area contributed by atoms with E-state index in [0.29, 0.717) is 60.0 Å². The van der Waals surface area contributed by atoms with E-state index in [1.54, 1.807) is 42.2 Å². The lowest BCUT2D eigenvalue weighted by Crippen LogP contribution is -2.35. The van der Waals surface area contributed by atoms with E-state index < -0.39 is 10.8 Å². The first-order valence-corrected chi connectivity index (χ1v) is 20.1. The van der Waals surface area contributed by atoms with Crippen LogP contribution in [0.1, 0.15) is 63.1 Å². The van der Waals surface area contributed by atoms with Crippen LogP contribution in [0.5, 0.6) is 0 Å². The lowest BCUT2D eigenvalue weighted by atomic mass is 9.93. The molecule has 4 amide bonds. The van der Waals surface area contributed by atoms with Crippen LogP contribution in [0.2, 0.25) is 5.02 Å². The molecule has 0 atom stereocenters. The monoisotopic (exact) mass is 869 g/mol. The minimum absolute atomic E-state index is 0.0371. The number of anilines is 2. The molecule has 4 rings (SSSR count). The SMILES string of the molecule is C=CCN(CC=C)C(=O)C(Cl)Cl.CCOC(=O)/C(Cl)=C/c1cc(N2C(=O)C3=C(CCCC3)C2=O)ccc1Cl.CCOCN(C(=O)CCl)c1c(C)cccc1CC. The van der Waals surface area contributed by atoms with E-state index in [4.69, 9.17) is 67.5 Å². The number of halogens is 5. The largest absolute Gasteiger partial charge is 0.462 e. The molecule has 10 nitrogen and oxygen atoms in total. The first kappa shape index (κ1) is 48.5. The van der Waals surface area contributed by atoms with Gasteiger partial charge in [0, 0.05) is 35.9 Å². The molecule has 0 aromatic heterocycles. The van der Waals surface area contributed by atoms with Gasteiger partial charge in [-0.05, 0) is 93.8 Å². The van der Waals surface area contributed by atoms with Crippen LogP contribution in [0, 0.1) is 6.92 Å². The number of carbonyl (C=O) groups excluding carboxylic acids is 5. The van der Waals surface area contributed by atoms with E-state index in [2.05, 4.69) is 20.1 Å². The number of carbonyl (C=O) groups is 5. The zero-order valence-electron chi connectivity index (χ0n) is 32.1. The fraction of sp³-hybridized carbons (Fsp3) is 0.390. The summed E-state index contributed by atoms with van der Waals surface area (Å²) in [6, 6.07) is 10.8. The molecule has 56 heavy (non-hydrogen) atoms. The molecule has 1 heterocycles. The van der Waals surface area contributed by atoms with E-state index in [1.165, 1.54) is 15.9 Å². The van der Waals surface area contributed by atoms with Crippen LogP contribution in [-0.4, -0.2) is 78.2 Å². The second-order valence-corrected chi connectivity index (χ2v) is 14.3. The first-order chi connectivity index (χ1) is 26.7. The highest BCUT2D eigenvalue weighted by Gasteiger charge is 2.39. The molecule has 0 saturated carbocycles. The van der Waals surface area contributed by atoms with E-state index in [-0.39, 0.29) is 47.9 Å². The van der Waals surface area contributed by atoms with Crippen molar-refractivity contribution in [3.05, 3.63) is 99.6 Å². The Hall–Kier alpha value is -3.64. The quantitative estimate of drug-likeness (QED) is 0.0438. The van der Waals surface area contributed by atoms with Crippen molar-refractivity contribution in [3.63, 3.8) is 0 Å². The highest BCUT2D eigenvalue weighted by Crippen LogP contribution is 2.37. The summed E-state index contributed by atoms with van der Waals surface area (Å²) in [5.74, 6) is -1.71. The second-order valence-electron chi connectivity index (χ2n) is 12.2. The number of ether oxygens (including phenoxy) is 2. The highest BCUT2D eigenvalue weighted by atomic mass is 35.5. The Bertz CT molecular complexity index is 1770. The van der Waals surface area contributed by atoms with Gasteiger partial charge in [0.05, 0.1) is 18.0 Å². The van der Waals surface area contributed by atoms with Crippen molar-refractivity contribution in [2.75, 3.05) is 48.7 Å². The van der Waals surface area contributed by atoms with Gasteiger partial charge < -0.3 is 14.4 Å². The maximum Gasteiger partial charge on any atom is 0.349 e. The number of esters is 1. The van der Waals surface area contributed by atoms with Crippen molar-refractivity contribution in [1.82, 2.24) is 4.90 Å². The molecule has 15 heteroatoms. The molecule has 2 aromatic rings. The van der Waals surface area contributed by atoms with Gasteiger partial charge in [-0.25, -0.2) is 9.69 Å². The molecule has 1 aliphatic heterocycles. The van der Waals surface area contributed by atoms with Crippen LogP contribution in [0.3, 0.4) is 0 Å². The normalized spacial score (nSPS) is 13.6. The summed E-state index contributed by atoms with van der Waals surface area (Å²) >= 11 is 28.6. The number of nitrogens with zero attached hydrogens (tertiary/aromatic N) is 3. The van der Waals surface area contributed by atoms with Crippen LogP contribution in [0.25, 0.3) is 6.08 Å². The van der Waals surface area contributed by atoms with Crippen LogP contribution in [0.4, 0.5) is 11.4 Å². The highest BCUT2D eigenvalue weighted by molar-refractivity contribution is 6.53. The van der Waals surface area contributed by atoms with Gasteiger partial charge in [0.15, 0.2) is 4.84 Å². The van der Waals surface area contributed by atoms with Gasteiger partial charge in [-0.1, -0.05) is 83.7 Å². The van der Waals surface area contributed by atoms with Gasteiger partial charge in [-0.15, -0.1) is 24.8 Å². The van der Waals surface area contributed by atoms with E-state index in [1.807, 2.05) is 32.0 Å². The summed E-state index contributed by atoms with van der Waals surface area (Å²) < 4.78 is 10.2. The van der Waals surface area contributed by atoms with Crippen molar-refractivity contribution >= 4 is 105 Å². The van der Waals surface area contributed by atoms with Gasteiger partial charge in [-0.3, -0.25) is 24.1 Å². The molecule has 0 unspecified atom stereocenters. The minimum Gasteiger partial charge on any atom is -0.462 e. The van der Waals surface area contributed by atoms with Gasteiger partial charge in [0.25, 0.3) is 17.7 Å². The number of amides is 4. The van der Waals surface area contributed by atoms with Crippen LogP contribution in [0.15, 0.2) is 77.9 Å². The number of para-hydroxylation sites is 1. The van der Waals surface area contributed by atoms with Crippen LogP contribution >= 0.6 is 58.0 Å². The van der Waals surface area contributed by atoms with Crippen molar-refractivity contribution in [2.24, 2.45) is 0 Å². The molecule has 0 fully saturated rings. The molecule has 2 aliphatic rings. The van der Waals surface area contributed by atoms with Gasteiger partial charge in [-0.2, -0.15) is 0 Å². The molecule has 0 radical (unpaired) electrons. The topological polar surface area (TPSA) is 114 Å². The molecule has 0 spiro atoms. The van der Waals surface area contributed by atoms with Gasteiger partial charge >= 0.3 is 5.97 Å². The van der Waals surface area contributed by atoms with E-state index in [9.17, 15) is 24.0 Å². The van der Waals surface area contributed by atoms with Crippen LogP contribution in [-0.2, 0) is 39.9 Å². The lowest BCUT2D eigenvalue weighted by molar-refractivity contribution is -0.137. The molecule has 0 N–H and O–H groups in total. The molecule has 0 saturated heterocycles. The maximum atomic E-state index is 12.7. The molecular weight excluding hydrogens is 824 g/mol. The number of imide groups is 1. The third kappa shape index (κ3) is 13.5. The Morgan fingerprint density at radius 2 is 1.55 bits per heavy atom. The smallest absolute Gasteiger partial charge is 0.349 e. The Balaban J connectivity index is 0.000000315. The average molecular weight is 872 g/mol. The zero-order chi connectivity index (χ0) is 41.9. The van der Waals surface area contributed by atoms with Gasteiger partial charge in [0.2, 0.25) is 5.91 Å². The Morgan fingerprint density at radius 1 is 0.946 bits per heavy atom. The zero-order valence-corrected chi connectivity index (χ0v) is 35.8. The summed E-state index contributed by atoms with van der Waals surface area (Å²) in [5, 5.41) is 0.204. The number of aryl methyl sites for hydroxylation is 2. The molecule has 304 valence electrons. The second kappa shape index (κ2) is 24.9. The van der Waals surface area contributed by atoms with Crippen molar-refractivity contribution in [3.8, 4) is 0 Å². The Kier molecular flexibility index (Phi) is 21.5. The van der Waals surface area contributed by atoms with Crippen molar-refractivity contribution < 1.29 is 33.4 Å². The molecule has 0 bridgehead atoms. The summed E-state index contributed by atoms with van der Waals surface area (Å²) in [5.41, 5.74) is 5.17. The standard InChI is InChI=1S/C19H17Cl2NO4.C14H20ClNO2.C8H11Cl2NO/c1-2-26-19(25)16(21)10-11-9-12(7-8-15(11)20)22-17(23)13-5-3-4-6-14(13)18(22)24;1-4-12-8-6-7-11(3)14(12)16(10-18-5-2)13(17)9-15;1-3-5-11(6-4-2)8(12)7(9)10/h7-10H,2-6H2,1H3;6-8H,4-5,9-10H2,1-3H3;3-4,7H,1-2,5-6H2/b16-10-;;. The summed E-state index contributed by atoms with van der Waals surface area (Å²) in [6.07, 6.45) is 8.54. The van der Waals surface area contributed by atoms with E-state index >= 15 is 0 Å². The fourth-order valence-corrected chi connectivity index (χ4v) is 6.53. The first-order valence-electron chi connectivity index (χ1n) is 18.0. The fourth-order valence-electron chi connectivity index (χ4n) is 5.76. The number of hydrogen-bond donors (Lipinski definition) is 0. The number of benzene rings is 2. The minimum atomic E-state index is -1.01. The maximum absolute atomic E-state index is 12.7. The average Bonchev–Trinajstić information content (AvgIpc) is 3.44. The predicted octanol–water partition coefficient (Wildman–Crippen LogP) is 9.34. The molecule has 1 aliphatic carbocycles. The lowest BCUT2D eigenvalue weighted by Gasteiger charge is -2.25. The van der Waals surface area contributed by atoms with Gasteiger partial charge in [0.1, 0.15) is 17.6 Å². The van der Waals surface area contributed by atoms with Crippen LogP contribution < -0.4 is 9.80 Å². The molecular formula is C41H48Cl5N3O7. The van der Waals surface area contributed by atoms with Crippen molar-refractivity contribution in [2.45, 2.75) is 64.6 Å². The third-order valence-corrected chi connectivity index (χ3v) is 9.60. The van der Waals surface area contributed by atoms with E-state index in [0.717, 1.165) is 36.1 Å². The third-order valence-electron chi connectivity index (χ3n) is 8.39. The summed E-state index contributed by atoms with van der Waals surface area (Å²) in [4.78, 5) is 63.4. The Labute approximate surface area is 354 Å². The number of alkyl halides is 3. The summed E-state index contributed by atoms with van der Waals surface area (Å²) in [7, 11) is 0. The van der Waals surface area contributed by atoms with Crippen molar-refractivity contribution in [1.29, 1.82) is 0 Å².